The minimum atomic E-state index is -0.978. The number of nitrogens with one attached hydrogen (secondary N) is 1. The van der Waals surface area contributed by atoms with Crippen molar-refractivity contribution >= 4 is 17.7 Å². The van der Waals surface area contributed by atoms with Gasteiger partial charge in [-0.1, -0.05) is 12.1 Å². The molecule has 1 aromatic rings. The minimum Gasteiger partial charge on any atom is -0.481 e. The molecule has 104 valence electrons. The highest BCUT2D eigenvalue weighted by Gasteiger charge is 2.15. The Morgan fingerprint density at radius 1 is 1.42 bits per heavy atom. The van der Waals surface area contributed by atoms with Crippen LogP contribution in [0.15, 0.2) is 18.2 Å². The van der Waals surface area contributed by atoms with Crippen LogP contribution in [0, 0.1) is 12.7 Å². The van der Waals surface area contributed by atoms with Crippen molar-refractivity contribution in [3.05, 3.63) is 29.6 Å². The van der Waals surface area contributed by atoms with E-state index in [1.807, 2.05) is 0 Å². The second-order valence-corrected chi connectivity index (χ2v) is 4.09. The number of carbonyl (C=O) groups excluding carboxylic acids is 1. The number of nitrogens with zero attached hydrogens (tertiary/aromatic N) is 1. The summed E-state index contributed by atoms with van der Waals surface area (Å²) < 4.78 is 13.6. The molecular formula is C13H17FN2O3. The number of halogens is 1. The summed E-state index contributed by atoms with van der Waals surface area (Å²) in [6.45, 7) is 3.86. The number of amides is 2. The van der Waals surface area contributed by atoms with Crippen molar-refractivity contribution in [2.75, 3.05) is 18.4 Å². The molecule has 0 saturated carbocycles. The van der Waals surface area contributed by atoms with Gasteiger partial charge in [0.1, 0.15) is 5.82 Å². The molecule has 0 unspecified atom stereocenters. The lowest BCUT2D eigenvalue weighted by Gasteiger charge is -2.21. The second-order valence-electron chi connectivity index (χ2n) is 4.09. The van der Waals surface area contributed by atoms with Crippen LogP contribution in [-0.4, -0.2) is 35.1 Å². The third kappa shape index (κ3) is 4.24. The molecule has 6 heteroatoms. The zero-order chi connectivity index (χ0) is 14.4. The summed E-state index contributed by atoms with van der Waals surface area (Å²) in [7, 11) is 0. The molecule has 0 saturated heterocycles. The Morgan fingerprint density at radius 3 is 2.63 bits per heavy atom. The smallest absolute Gasteiger partial charge is 0.321 e. The molecule has 0 aliphatic heterocycles. The van der Waals surface area contributed by atoms with Gasteiger partial charge in [0.15, 0.2) is 0 Å². The van der Waals surface area contributed by atoms with E-state index in [0.29, 0.717) is 12.1 Å². The fourth-order valence-corrected chi connectivity index (χ4v) is 1.61. The highest BCUT2D eigenvalue weighted by atomic mass is 19.1. The van der Waals surface area contributed by atoms with Crippen LogP contribution in [0.3, 0.4) is 0 Å². The second kappa shape index (κ2) is 6.72. The largest absolute Gasteiger partial charge is 0.481 e. The number of benzene rings is 1. The van der Waals surface area contributed by atoms with Crippen molar-refractivity contribution < 1.29 is 19.1 Å². The summed E-state index contributed by atoms with van der Waals surface area (Å²) in [5.74, 6) is -1.49. The third-order valence-electron chi connectivity index (χ3n) is 2.72. The molecule has 0 aliphatic rings. The van der Waals surface area contributed by atoms with Gasteiger partial charge in [0.05, 0.1) is 12.1 Å². The Morgan fingerprint density at radius 2 is 2.11 bits per heavy atom. The van der Waals surface area contributed by atoms with Crippen LogP contribution in [0.5, 0.6) is 0 Å². The van der Waals surface area contributed by atoms with Crippen LogP contribution in [0.2, 0.25) is 0 Å². The molecule has 19 heavy (non-hydrogen) atoms. The SMILES string of the molecule is CCN(CCC(=O)O)C(=O)Nc1c(C)cccc1F. The Hall–Kier alpha value is -2.11. The first-order valence-electron chi connectivity index (χ1n) is 5.98. The van der Waals surface area contributed by atoms with Crippen LogP contribution in [0.1, 0.15) is 18.9 Å². The van der Waals surface area contributed by atoms with Crippen LogP contribution in [-0.2, 0) is 4.79 Å². The maximum atomic E-state index is 13.6. The number of para-hydroxylation sites is 1. The maximum absolute atomic E-state index is 13.6. The van der Waals surface area contributed by atoms with Gasteiger partial charge in [0, 0.05) is 13.1 Å². The lowest BCUT2D eigenvalue weighted by molar-refractivity contribution is -0.137. The molecule has 2 N–H and O–H groups in total. The number of aryl methyl sites for hydroxylation is 1. The first-order chi connectivity index (χ1) is 8.95. The molecule has 2 amide bonds. The van der Waals surface area contributed by atoms with Gasteiger partial charge in [-0.25, -0.2) is 9.18 Å². The minimum absolute atomic E-state index is 0.0885. The lowest BCUT2D eigenvalue weighted by atomic mass is 10.2. The van der Waals surface area contributed by atoms with Gasteiger partial charge >= 0.3 is 12.0 Å². The first-order valence-corrected chi connectivity index (χ1v) is 5.98. The number of carboxylic acids is 1. The summed E-state index contributed by atoms with van der Waals surface area (Å²) in [5.41, 5.74) is 0.740. The lowest BCUT2D eigenvalue weighted by Crippen LogP contribution is -2.36. The average molecular weight is 268 g/mol. The van der Waals surface area contributed by atoms with E-state index in [1.54, 1.807) is 26.0 Å². The predicted octanol–water partition coefficient (Wildman–Crippen LogP) is 2.46. The molecule has 0 atom stereocenters. The van der Waals surface area contributed by atoms with Gasteiger partial charge in [-0.3, -0.25) is 4.79 Å². The van der Waals surface area contributed by atoms with E-state index in [-0.39, 0.29) is 18.7 Å². The number of carboxylic acid groups (broad SMARTS) is 1. The average Bonchev–Trinajstić information content (AvgIpc) is 2.34. The Labute approximate surface area is 111 Å². The van der Waals surface area contributed by atoms with E-state index in [4.69, 9.17) is 5.11 Å². The molecule has 5 nitrogen and oxygen atoms in total. The fraction of sp³-hybridized carbons (Fsp3) is 0.385. The summed E-state index contributed by atoms with van der Waals surface area (Å²) in [6, 6.07) is 4.00. The summed E-state index contributed by atoms with van der Waals surface area (Å²) >= 11 is 0. The van der Waals surface area contributed by atoms with Gasteiger partial charge in [-0.05, 0) is 25.5 Å². The number of anilines is 1. The van der Waals surface area contributed by atoms with Crippen molar-refractivity contribution in [2.24, 2.45) is 0 Å². The van der Waals surface area contributed by atoms with Crippen molar-refractivity contribution in [1.82, 2.24) is 4.90 Å². The topological polar surface area (TPSA) is 69.6 Å². The van der Waals surface area contributed by atoms with Gasteiger partial charge in [0.2, 0.25) is 0 Å². The van der Waals surface area contributed by atoms with Crippen molar-refractivity contribution in [3.8, 4) is 0 Å². The highest BCUT2D eigenvalue weighted by molar-refractivity contribution is 5.90. The molecular weight excluding hydrogens is 251 g/mol. The van der Waals surface area contributed by atoms with E-state index in [9.17, 15) is 14.0 Å². The number of aliphatic carboxylic acids is 1. The zero-order valence-corrected chi connectivity index (χ0v) is 10.9. The molecule has 0 bridgehead atoms. The van der Waals surface area contributed by atoms with E-state index in [0.717, 1.165) is 0 Å². The van der Waals surface area contributed by atoms with Gasteiger partial charge in [-0.15, -0.1) is 0 Å². The number of carbonyl (C=O) groups is 2. The monoisotopic (exact) mass is 268 g/mol. The third-order valence-corrected chi connectivity index (χ3v) is 2.72. The summed E-state index contributed by atoms with van der Waals surface area (Å²) in [6.07, 6.45) is -0.141. The molecule has 0 fully saturated rings. The molecule has 1 aromatic carbocycles. The van der Waals surface area contributed by atoms with Crippen LogP contribution < -0.4 is 5.32 Å². The van der Waals surface area contributed by atoms with Gasteiger partial charge in [0.25, 0.3) is 0 Å². The molecule has 1 rings (SSSR count). The Bertz CT molecular complexity index is 457. The van der Waals surface area contributed by atoms with Crippen LogP contribution in [0.25, 0.3) is 0 Å². The fourth-order valence-electron chi connectivity index (χ4n) is 1.61. The maximum Gasteiger partial charge on any atom is 0.321 e. The van der Waals surface area contributed by atoms with Crippen LogP contribution >= 0.6 is 0 Å². The summed E-state index contributed by atoms with van der Waals surface area (Å²) in [4.78, 5) is 23.7. The molecule has 0 heterocycles. The number of urea groups is 1. The van der Waals surface area contributed by atoms with E-state index in [2.05, 4.69) is 5.32 Å². The number of hydrogen-bond donors (Lipinski definition) is 2. The first kappa shape index (κ1) is 14.9. The number of hydrogen-bond acceptors (Lipinski definition) is 2. The molecule has 0 aliphatic carbocycles. The zero-order valence-electron chi connectivity index (χ0n) is 10.9. The van der Waals surface area contributed by atoms with Crippen molar-refractivity contribution in [2.45, 2.75) is 20.3 Å². The standard InChI is InChI=1S/C13H17FN2O3/c1-3-16(8-7-11(17)18)13(19)15-12-9(2)5-4-6-10(12)14/h4-6H,3,7-8H2,1-2H3,(H,15,19)(H,17,18). The van der Waals surface area contributed by atoms with E-state index >= 15 is 0 Å². The summed E-state index contributed by atoms with van der Waals surface area (Å²) in [5, 5.41) is 11.1. The highest BCUT2D eigenvalue weighted by Crippen LogP contribution is 2.19. The van der Waals surface area contributed by atoms with Crippen molar-refractivity contribution in [3.63, 3.8) is 0 Å². The van der Waals surface area contributed by atoms with Gasteiger partial charge in [-0.2, -0.15) is 0 Å². The van der Waals surface area contributed by atoms with Crippen molar-refractivity contribution in [1.29, 1.82) is 0 Å². The normalized spacial score (nSPS) is 10.1. The van der Waals surface area contributed by atoms with E-state index in [1.165, 1.54) is 11.0 Å². The predicted molar refractivity (Wildman–Crippen MR) is 69.7 cm³/mol. The quantitative estimate of drug-likeness (QED) is 0.861. The van der Waals surface area contributed by atoms with Crippen LogP contribution in [0.4, 0.5) is 14.9 Å². The molecule has 0 spiro atoms. The Kier molecular flexibility index (Phi) is 5.29. The van der Waals surface area contributed by atoms with E-state index < -0.39 is 17.8 Å². The Balaban J connectivity index is 2.74. The number of rotatable bonds is 5. The molecule has 0 radical (unpaired) electrons. The molecule has 0 aromatic heterocycles. The van der Waals surface area contributed by atoms with Gasteiger partial charge < -0.3 is 15.3 Å².